The third-order valence-corrected chi connectivity index (χ3v) is 3.38. The minimum absolute atomic E-state index is 0.655. The van der Waals surface area contributed by atoms with E-state index in [0.29, 0.717) is 25.3 Å². The van der Waals surface area contributed by atoms with E-state index in [2.05, 4.69) is 15.2 Å². The molecule has 0 bridgehead atoms. The van der Waals surface area contributed by atoms with Crippen LogP contribution in [0.1, 0.15) is 32.4 Å². The second kappa shape index (κ2) is 9.02. The van der Waals surface area contributed by atoms with Crippen molar-refractivity contribution in [1.82, 2.24) is 10.3 Å². The predicted octanol–water partition coefficient (Wildman–Crippen LogP) is 1.81. The number of aromatic nitrogens is 1. The molecule has 0 aliphatic heterocycles. The van der Waals surface area contributed by atoms with Crippen molar-refractivity contribution in [1.29, 1.82) is 0 Å². The van der Waals surface area contributed by atoms with Crippen molar-refractivity contribution in [2.24, 2.45) is 0 Å². The number of hydrogen-bond donors (Lipinski definition) is 1. The van der Waals surface area contributed by atoms with Gasteiger partial charge in [-0.1, -0.05) is 0 Å². The zero-order valence-electron chi connectivity index (χ0n) is 13.1. The maximum absolute atomic E-state index is 5.60. The molecule has 1 aliphatic rings. The predicted molar refractivity (Wildman–Crippen MR) is 81.6 cm³/mol. The lowest BCUT2D eigenvalue weighted by Gasteiger charge is -2.20. The number of ether oxygens (including phenoxy) is 2. The highest BCUT2D eigenvalue weighted by Gasteiger charge is 2.21. The van der Waals surface area contributed by atoms with Crippen molar-refractivity contribution in [3.63, 3.8) is 0 Å². The van der Waals surface area contributed by atoms with Gasteiger partial charge in [0, 0.05) is 38.9 Å². The molecule has 1 aromatic rings. The normalized spacial score (nSPS) is 14.6. The Kier molecular flexibility index (Phi) is 6.99. The topological polar surface area (TPSA) is 59.8 Å². The third-order valence-electron chi connectivity index (χ3n) is 3.38. The van der Waals surface area contributed by atoms with Crippen molar-refractivity contribution in [3.8, 4) is 0 Å². The summed E-state index contributed by atoms with van der Waals surface area (Å²) in [6.07, 6.45) is 4.29. The molecule has 0 aromatic carbocycles. The molecule has 0 spiro atoms. The lowest BCUT2D eigenvalue weighted by atomic mass is 10.4. The first kappa shape index (κ1) is 16.3. The van der Waals surface area contributed by atoms with Crippen molar-refractivity contribution in [2.75, 3.05) is 44.4 Å². The number of oxazole rings is 1. The summed E-state index contributed by atoms with van der Waals surface area (Å²) >= 11 is 0. The summed E-state index contributed by atoms with van der Waals surface area (Å²) in [5, 5.41) is 3.44. The van der Waals surface area contributed by atoms with E-state index in [4.69, 9.17) is 13.9 Å². The lowest BCUT2D eigenvalue weighted by molar-refractivity contribution is 0.140. The van der Waals surface area contributed by atoms with Crippen LogP contribution in [0.4, 0.5) is 6.01 Å². The Morgan fingerprint density at radius 1 is 1.24 bits per heavy atom. The Hall–Kier alpha value is -1.11. The maximum atomic E-state index is 5.60. The number of nitrogens with one attached hydrogen (secondary N) is 1. The molecule has 2 rings (SSSR count). The van der Waals surface area contributed by atoms with Gasteiger partial charge >= 0.3 is 0 Å². The fraction of sp³-hybridized carbons (Fsp3) is 0.800. The first-order valence-electron chi connectivity index (χ1n) is 7.91. The van der Waals surface area contributed by atoms with Crippen LogP contribution in [0.5, 0.6) is 0 Å². The molecule has 6 heteroatoms. The first-order chi connectivity index (χ1) is 10.3. The van der Waals surface area contributed by atoms with E-state index in [9.17, 15) is 0 Å². The largest absolute Gasteiger partial charge is 0.432 e. The van der Waals surface area contributed by atoms with Crippen LogP contribution in [0.2, 0.25) is 0 Å². The molecule has 1 aromatic heterocycles. The molecule has 1 N–H and O–H groups in total. The van der Waals surface area contributed by atoms with Gasteiger partial charge in [-0.3, -0.25) is 0 Å². The van der Waals surface area contributed by atoms with Crippen LogP contribution in [0.3, 0.4) is 0 Å². The highest BCUT2D eigenvalue weighted by molar-refractivity contribution is 5.26. The van der Waals surface area contributed by atoms with Gasteiger partial charge in [0.05, 0.1) is 18.9 Å². The number of anilines is 1. The molecular weight excluding hydrogens is 270 g/mol. The summed E-state index contributed by atoms with van der Waals surface area (Å²) in [6.45, 7) is 9.08. The van der Waals surface area contributed by atoms with Crippen molar-refractivity contribution in [2.45, 2.75) is 39.3 Å². The van der Waals surface area contributed by atoms with E-state index in [1.807, 2.05) is 13.8 Å². The van der Waals surface area contributed by atoms with E-state index < -0.39 is 0 Å². The molecule has 120 valence electrons. The second-order valence-corrected chi connectivity index (χ2v) is 5.16. The molecule has 0 unspecified atom stereocenters. The van der Waals surface area contributed by atoms with Crippen molar-refractivity contribution in [3.05, 3.63) is 12.0 Å². The van der Waals surface area contributed by atoms with Crippen LogP contribution >= 0.6 is 0 Å². The third kappa shape index (κ3) is 6.03. The zero-order valence-corrected chi connectivity index (χ0v) is 13.1. The van der Waals surface area contributed by atoms with Crippen LogP contribution in [0.15, 0.2) is 10.7 Å². The highest BCUT2D eigenvalue weighted by Crippen LogP contribution is 2.20. The fourth-order valence-corrected chi connectivity index (χ4v) is 2.00. The van der Waals surface area contributed by atoms with Gasteiger partial charge in [-0.2, -0.15) is 4.98 Å². The van der Waals surface area contributed by atoms with E-state index in [-0.39, 0.29) is 0 Å². The Labute approximate surface area is 126 Å². The van der Waals surface area contributed by atoms with Crippen molar-refractivity contribution < 1.29 is 13.9 Å². The summed E-state index contributed by atoms with van der Waals surface area (Å²) in [5.74, 6) is 0. The van der Waals surface area contributed by atoms with Gasteiger partial charge in [0.25, 0.3) is 6.01 Å². The van der Waals surface area contributed by atoms with E-state index >= 15 is 0 Å². The monoisotopic (exact) mass is 297 g/mol. The van der Waals surface area contributed by atoms with Crippen LogP contribution in [0, 0.1) is 0 Å². The summed E-state index contributed by atoms with van der Waals surface area (Å²) < 4.78 is 16.4. The summed E-state index contributed by atoms with van der Waals surface area (Å²) in [6, 6.07) is 1.33. The summed E-state index contributed by atoms with van der Waals surface area (Å²) in [5.41, 5.74) is 0.953. The maximum Gasteiger partial charge on any atom is 0.297 e. The fourth-order valence-electron chi connectivity index (χ4n) is 2.00. The van der Waals surface area contributed by atoms with Crippen LogP contribution < -0.4 is 10.2 Å². The van der Waals surface area contributed by atoms with Gasteiger partial charge < -0.3 is 24.1 Å². The van der Waals surface area contributed by atoms with Gasteiger partial charge in [0.15, 0.2) is 0 Å². The standard InChI is InChI=1S/C15H27N3O3/c1-3-19-9-7-18(8-10-20-4-2)15-17-14(12-21-15)11-16-13-5-6-13/h12-13,16H,3-11H2,1-2H3. The second-order valence-electron chi connectivity index (χ2n) is 5.16. The van der Waals surface area contributed by atoms with Crippen LogP contribution in [-0.4, -0.2) is 50.5 Å². The quantitative estimate of drug-likeness (QED) is 0.594. The SMILES string of the molecule is CCOCCN(CCOCC)c1nc(CNC2CC2)co1. The minimum atomic E-state index is 0.655. The molecule has 21 heavy (non-hydrogen) atoms. The molecule has 1 saturated carbocycles. The molecule has 6 nitrogen and oxygen atoms in total. The Morgan fingerprint density at radius 3 is 2.48 bits per heavy atom. The van der Waals surface area contributed by atoms with E-state index in [1.54, 1.807) is 6.26 Å². The Morgan fingerprint density at radius 2 is 1.90 bits per heavy atom. The van der Waals surface area contributed by atoms with Gasteiger partial charge in [-0.25, -0.2) is 0 Å². The van der Waals surface area contributed by atoms with Crippen molar-refractivity contribution >= 4 is 6.01 Å². The van der Waals surface area contributed by atoms with Gasteiger partial charge in [0.2, 0.25) is 0 Å². The Bertz CT molecular complexity index is 383. The zero-order chi connectivity index (χ0) is 14.9. The first-order valence-corrected chi connectivity index (χ1v) is 7.91. The van der Waals surface area contributed by atoms with Crippen LogP contribution in [0.25, 0.3) is 0 Å². The van der Waals surface area contributed by atoms with E-state index in [0.717, 1.165) is 38.5 Å². The van der Waals surface area contributed by atoms with Gasteiger partial charge in [-0.05, 0) is 26.7 Å². The minimum Gasteiger partial charge on any atom is -0.432 e. The molecule has 1 heterocycles. The molecule has 1 aliphatic carbocycles. The van der Waals surface area contributed by atoms with Crippen LogP contribution in [-0.2, 0) is 16.0 Å². The number of hydrogen-bond acceptors (Lipinski definition) is 6. The average molecular weight is 297 g/mol. The van der Waals surface area contributed by atoms with Gasteiger partial charge in [0.1, 0.15) is 6.26 Å². The summed E-state index contributed by atoms with van der Waals surface area (Å²) in [7, 11) is 0. The smallest absolute Gasteiger partial charge is 0.297 e. The summed E-state index contributed by atoms with van der Waals surface area (Å²) in [4.78, 5) is 6.63. The lowest BCUT2D eigenvalue weighted by Crippen LogP contribution is -2.31. The van der Waals surface area contributed by atoms with Gasteiger partial charge in [-0.15, -0.1) is 0 Å². The molecular formula is C15H27N3O3. The average Bonchev–Trinajstić information content (AvgIpc) is 3.21. The molecule has 1 fully saturated rings. The number of nitrogens with zero attached hydrogens (tertiary/aromatic N) is 2. The molecule has 0 radical (unpaired) electrons. The molecule has 0 saturated heterocycles. The number of rotatable bonds is 12. The molecule has 0 amide bonds. The molecule has 0 atom stereocenters. The van der Waals surface area contributed by atoms with E-state index in [1.165, 1.54) is 12.8 Å². The Balaban J connectivity index is 1.83. The highest BCUT2D eigenvalue weighted by atomic mass is 16.5.